The van der Waals surface area contributed by atoms with E-state index >= 15 is 0 Å². The van der Waals surface area contributed by atoms with Crippen LogP contribution in [-0.4, -0.2) is 26.1 Å². The van der Waals surface area contributed by atoms with Gasteiger partial charge in [-0.3, -0.25) is 25.1 Å². The Kier molecular flexibility index (Phi) is 6.15. The van der Waals surface area contributed by atoms with Gasteiger partial charge in [0.1, 0.15) is 11.5 Å². The Morgan fingerprint density at radius 3 is 2.69 bits per heavy atom. The van der Waals surface area contributed by atoms with Crippen LogP contribution in [0.15, 0.2) is 76.1 Å². The minimum atomic E-state index is -0.481. The van der Waals surface area contributed by atoms with Gasteiger partial charge in [0.2, 0.25) is 5.91 Å². The Morgan fingerprint density at radius 1 is 1.16 bits per heavy atom. The largest absolute Gasteiger partial charge is 0.457 e. The van der Waals surface area contributed by atoms with E-state index in [1.54, 1.807) is 24.3 Å². The maximum absolute atomic E-state index is 12.7. The number of nitrogens with zero attached hydrogens (tertiary/aromatic N) is 2. The zero-order valence-electron chi connectivity index (χ0n) is 16.4. The molecule has 3 aromatic rings. The van der Waals surface area contributed by atoms with Gasteiger partial charge < -0.3 is 4.42 Å². The monoisotopic (exact) mass is 465 g/mol. The van der Waals surface area contributed by atoms with Crippen LogP contribution < -0.4 is 5.43 Å². The van der Waals surface area contributed by atoms with Crippen molar-refractivity contribution in [3.63, 3.8) is 0 Å². The van der Waals surface area contributed by atoms with E-state index in [-0.39, 0.29) is 27.2 Å². The highest BCUT2D eigenvalue weighted by Gasteiger charge is 2.33. The van der Waals surface area contributed by atoms with Gasteiger partial charge in [-0.1, -0.05) is 54.2 Å². The van der Waals surface area contributed by atoms with Crippen LogP contribution in [0.4, 0.5) is 5.69 Å². The molecule has 8 nitrogen and oxygen atoms in total. The lowest BCUT2D eigenvalue weighted by Gasteiger charge is -2.15. The molecule has 4 rings (SSSR count). The van der Waals surface area contributed by atoms with Crippen molar-refractivity contribution in [1.29, 1.82) is 0 Å². The molecule has 1 aliphatic heterocycles. The van der Waals surface area contributed by atoms with Crippen LogP contribution in [-0.2, 0) is 16.0 Å². The lowest BCUT2D eigenvalue weighted by atomic mass is 10.1. The summed E-state index contributed by atoms with van der Waals surface area (Å²) in [5.74, 6) is -0.0244. The Bertz CT molecular complexity index is 1250. The van der Waals surface area contributed by atoms with Gasteiger partial charge in [0.15, 0.2) is 4.32 Å². The number of carbonyl (C=O) groups is 2. The zero-order valence-corrected chi connectivity index (χ0v) is 18.0. The Hall–Kier alpha value is -3.76. The molecule has 2 amide bonds. The first-order chi connectivity index (χ1) is 15.4. The second kappa shape index (κ2) is 9.16. The van der Waals surface area contributed by atoms with E-state index < -0.39 is 10.8 Å². The third kappa shape index (κ3) is 4.76. The molecule has 1 saturated heterocycles. The third-order valence-electron chi connectivity index (χ3n) is 4.48. The van der Waals surface area contributed by atoms with E-state index in [2.05, 4.69) is 5.43 Å². The van der Waals surface area contributed by atoms with Gasteiger partial charge in [-0.15, -0.1) is 0 Å². The smallest absolute Gasteiger partial charge is 0.285 e. The molecule has 0 saturated carbocycles. The summed E-state index contributed by atoms with van der Waals surface area (Å²) in [5.41, 5.74) is 3.85. The van der Waals surface area contributed by atoms with Gasteiger partial charge in [-0.2, -0.15) is 5.01 Å². The second-order valence-corrected chi connectivity index (χ2v) is 8.40. The molecule has 0 spiro atoms. The van der Waals surface area contributed by atoms with Crippen molar-refractivity contribution >= 4 is 51.9 Å². The maximum atomic E-state index is 12.7. The number of hydrazine groups is 1. The first kappa shape index (κ1) is 21.5. The number of nitrogens with one attached hydrogen (secondary N) is 1. The normalized spacial score (nSPS) is 14.8. The van der Waals surface area contributed by atoms with Crippen molar-refractivity contribution in [1.82, 2.24) is 10.4 Å². The molecular formula is C22H15N3O5S2. The van der Waals surface area contributed by atoms with E-state index in [0.717, 1.165) is 22.3 Å². The minimum absolute atomic E-state index is 0.0486. The summed E-state index contributed by atoms with van der Waals surface area (Å²) in [6, 6.07) is 18.5. The topological polar surface area (TPSA) is 106 Å². The fraction of sp³-hybridized carbons (Fsp3) is 0.0455. The highest BCUT2D eigenvalue weighted by Crippen LogP contribution is 2.33. The molecular weight excluding hydrogens is 450 g/mol. The quantitative estimate of drug-likeness (QED) is 0.250. The molecule has 0 aliphatic carbocycles. The van der Waals surface area contributed by atoms with Crippen molar-refractivity contribution in [2.24, 2.45) is 0 Å². The molecule has 1 N–H and O–H groups in total. The standard InChI is InChI=1S/C22H15N3O5S2/c26-20(11-14-5-2-1-3-6-14)23-24-21(27)19(32-22(24)31)13-17-9-10-18(30-17)15-7-4-8-16(12-15)25(28)29/h1-10,12-13H,11H2,(H,23,26)/b19-13+. The maximum Gasteiger partial charge on any atom is 0.285 e. The number of hydrogen-bond acceptors (Lipinski definition) is 7. The number of carbonyl (C=O) groups excluding carboxylic acids is 2. The first-order valence-electron chi connectivity index (χ1n) is 9.37. The average molecular weight is 466 g/mol. The molecule has 1 fully saturated rings. The Morgan fingerprint density at radius 2 is 1.94 bits per heavy atom. The van der Waals surface area contributed by atoms with Crippen LogP contribution in [0.3, 0.4) is 0 Å². The van der Waals surface area contributed by atoms with Gasteiger partial charge in [0.25, 0.3) is 11.6 Å². The van der Waals surface area contributed by atoms with Crippen LogP contribution in [0.1, 0.15) is 11.3 Å². The van der Waals surface area contributed by atoms with Gasteiger partial charge in [0.05, 0.1) is 16.2 Å². The van der Waals surface area contributed by atoms with E-state index in [1.165, 1.54) is 18.2 Å². The van der Waals surface area contributed by atoms with Gasteiger partial charge in [0, 0.05) is 23.8 Å². The number of nitro groups is 1. The van der Waals surface area contributed by atoms with E-state index in [4.69, 9.17) is 16.6 Å². The lowest BCUT2D eigenvalue weighted by molar-refractivity contribution is -0.384. The summed E-state index contributed by atoms with van der Waals surface area (Å²) < 4.78 is 5.93. The second-order valence-electron chi connectivity index (χ2n) is 6.72. The van der Waals surface area contributed by atoms with Crippen LogP contribution >= 0.6 is 24.0 Å². The number of thioether (sulfide) groups is 1. The lowest BCUT2D eigenvalue weighted by Crippen LogP contribution is -2.45. The predicted octanol–water partition coefficient (Wildman–Crippen LogP) is 4.33. The van der Waals surface area contributed by atoms with Gasteiger partial charge in [-0.05, 0) is 29.9 Å². The van der Waals surface area contributed by atoms with Crippen molar-refractivity contribution in [3.8, 4) is 11.3 Å². The highest BCUT2D eigenvalue weighted by molar-refractivity contribution is 8.26. The van der Waals surface area contributed by atoms with Crippen LogP contribution in [0.2, 0.25) is 0 Å². The van der Waals surface area contributed by atoms with Crippen LogP contribution in [0.25, 0.3) is 17.4 Å². The summed E-state index contributed by atoms with van der Waals surface area (Å²) >= 11 is 6.27. The highest BCUT2D eigenvalue weighted by atomic mass is 32.2. The van der Waals surface area contributed by atoms with Crippen molar-refractivity contribution in [2.45, 2.75) is 6.42 Å². The van der Waals surface area contributed by atoms with Crippen LogP contribution in [0.5, 0.6) is 0 Å². The summed E-state index contributed by atoms with van der Waals surface area (Å²) in [6.07, 6.45) is 1.63. The molecule has 160 valence electrons. The molecule has 2 aromatic carbocycles. The predicted molar refractivity (Wildman–Crippen MR) is 124 cm³/mol. The molecule has 0 unspecified atom stereocenters. The summed E-state index contributed by atoms with van der Waals surface area (Å²) in [7, 11) is 0. The number of furan rings is 1. The molecule has 0 bridgehead atoms. The molecule has 1 aromatic heterocycles. The summed E-state index contributed by atoms with van der Waals surface area (Å²) in [4.78, 5) is 35.8. The summed E-state index contributed by atoms with van der Waals surface area (Å²) in [6.45, 7) is 0. The molecule has 0 radical (unpaired) electrons. The van der Waals surface area contributed by atoms with Crippen molar-refractivity contribution < 1.29 is 18.9 Å². The number of nitro benzene ring substituents is 1. The molecule has 2 heterocycles. The number of hydrogen-bond donors (Lipinski definition) is 1. The van der Waals surface area contributed by atoms with Crippen LogP contribution in [0, 0.1) is 10.1 Å². The van der Waals surface area contributed by atoms with Crippen molar-refractivity contribution in [3.05, 3.63) is 93.1 Å². The molecule has 10 heteroatoms. The Labute approximate surface area is 192 Å². The number of rotatable bonds is 6. The number of thiocarbonyl (C=S) groups is 1. The molecule has 0 atom stereocenters. The zero-order chi connectivity index (χ0) is 22.7. The fourth-order valence-corrected chi connectivity index (χ4v) is 4.16. The minimum Gasteiger partial charge on any atom is -0.457 e. The average Bonchev–Trinajstić information content (AvgIpc) is 3.35. The van der Waals surface area contributed by atoms with E-state index in [0.29, 0.717) is 17.1 Å². The van der Waals surface area contributed by atoms with E-state index in [1.807, 2.05) is 30.3 Å². The third-order valence-corrected chi connectivity index (χ3v) is 5.78. The number of benzene rings is 2. The molecule has 32 heavy (non-hydrogen) atoms. The van der Waals surface area contributed by atoms with E-state index in [9.17, 15) is 19.7 Å². The SMILES string of the molecule is O=C(Cc1ccccc1)NN1C(=O)/C(=C\c2ccc(-c3cccc([N+](=O)[O-])c3)o2)SC1=S. The van der Waals surface area contributed by atoms with Gasteiger partial charge >= 0.3 is 0 Å². The molecule has 1 aliphatic rings. The Balaban J connectivity index is 1.47. The van der Waals surface area contributed by atoms with Gasteiger partial charge in [-0.25, -0.2) is 0 Å². The summed E-state index contributed by atoms with van der Waals surface area (Å²) in [5, 5.41) is 12.0. The fourth-order valence-electron chi connectivity index (χ4n) is 3.00. The number of non-ortho nitro benzene ring substituents is 1. The van der Waals surface area contributed by atoms with Crippen molar-refractivity contribution in [2.75, 3.05) is 0 Å². The number of amides is 2. The first-order valence-corrected chi connectivity index (χ1v) is 10.6.